The van der Waals surface area contributed by atoms with Gasteiger partial charge in [-0.25, -0.2) is 0 Å². The van der Waals surface area contributed by atoms with Gasteiger partial charge < -0.3 is 0 Å². The van der Waals surface area contributed by atoms with Gasteiger partial charge in [0.15, 0.2) is 4.77 Å². The zero-order valence-corrected chi connectivity index (χ0v) is 13.4. The van der Waals surface area contributed by atoms with Crippen LogP contribution < -0.4 is 0 Å². The first-order valence-electron chi connectivity index (χ1n) is 7.10. The summed E-state index contributed by atoms with van der Waals surface area (Å²) in [6.07, 6.45) is 0.770. The van der Waals surface area contributed by atoms with Gasteiger partial charge in [-0.05, 0) is 49.3 Å². The third-order valence-electron chi connectivity index (χ3n) is 3.64. The summed E-state index contributed by atoms with van der Waals surface area (Å²) in [5.41, 5.74) is 1.19. The first kappa shape index (κ1) is 14.0. The molecule has 0 fully saturated rings. The van der Waals surface area contributed by atoms with E-state index in [2.05, 4.69) is 78.0 Å². The number of aromatic nitrogens is 3. The molecule has 0 aliphatic heterocycles. The number of H-pyrrole nitrogens is 1. The maximum absolute atomic E-state index is 5.38. The van der Waals surface area contributed by atoms with Crippen molar-refractivity contribution in [2.45, 2.75) is 32.7 Å². The molecule has 1 aromatic heterocycles. The Bertz CT molecular complexity index is 832. The topological polar surface area (TPSA) is 33.6 Å². The van der Waals surface area contributed by atoms with Crippen LogP contribution in [0.4, 0.5) is 0 Å². The van der Waals surface area contributed by atoms with E-state index in [9.17, 15) is 0 Å². The van der Waals surface area contributed by atoms with Crippen LogP contribution in [-0.2, 0) is 12.0 Å². The summed E-state index contributed by atoms with van der Waals surface area (Å²) in [6.45, 7) is 6.43. The van der Waals surface area contributed by atoms with Crippen LogP contribution in [0.2, 0.25) is 0 Å². The van der Waals surface area contributed by atoms with Crippen molar-refractivity contribution in [3.8, 4) is 0 Å². The number of hydrogen-bond acceptors (Lipinski definition) is 2. The summed E-state index contributed by atoms with van der Waals surface area (Å²) < 4.78 is 2.78. The molecule has 0 bridgehead atoms. The molecule has 0 unspecified atom stereocenters. The highest BCUT2D eigenvalue weighted by atomic mass is 32.1. The zero-order chi connectivity index (χ0) is 15.0. The lowest BCUT2D eigenvalue weighted by Gasteiger charge is -2.22. The van der Waals surface area contributed by atoms with Crippen molar-refractivity contribution in [2.75, 3.05) is 0 Å². The summed E-state index contributed by atoms with van der Waals surface area (Å²) in [7, 11) is 0. The lowest BCUT2D eigenvalue weighted by molar-refractivity contribution is 0.380. The largest absolute Gasteiger partial charge is 0.298 e. The van der Waals surface area contributed by atoms with Gasteiger partial charge in [0.2, 0.25) is 0 Å². The molecule has 0 saturated carbocycles. The molecule has 3 rings (SSSR count). The first-order valence-corrected chi connectivity index (χ1v) is 7.51. The van der Waals surface area contributed by atoms with Gasteiger partial charge in [-0.3, -0.25) is 9.67 Å². The van der Waals surface area contributed by atoms with Gasteiger partial charge in [-0.1, -0.05) is 42.5 Å². The standard InChI is InChI=1S/C17H19N3S/c1-17(2,3)20-15(18-19-16(20)21)11-13-9-6-8-12-7-4-5-10-14(12)13/h4-10H,11H2,1-3H3,(H,19,21). The monoisotopic (exact) mass is 297 g/mol. The average molecular weight is 297 g/mol. The molecule has 0 aliphatic carbocycles. The van der Waals surface area contributed by atoms with E-state index in [4.69, 9.17) is 12.2 Å². The number of benzene rings is 2. The average Bonchev–Trinajstić information content (AvgIpc) is 2.80. The molecule has 3 nitrogen and oxygen atoms in total. The van der Waals surface area contributed by atoms with Crippen molar-refractivity contribution in [1.82, 2.24) is 14.8 Å². The maximum atomic E-state index is 5.38. The molecule has 1 heterocycles. The van der Waals surface area contributed by atoms with E-state index in [0.29, 0.717) is 4.77 Å². The molecule has 3 aromatic rings. The van der Waals surface area contributed by atoms with Crippen LogP contribution in [-0.4, -0.2) is 14.8 Å². The minimum atomic E-state index is -0.0794. The minimum Gasteiger partial charge on any atom is -0.298 e. The molecule has 0 spiro atoms. The molecule has 2 aromatic carbocycles. The maximum Gasteiger partial charge on any atom is 0.195 e. The van der Waals surface area contributed by atoms with Crippen molar-refractivity contribution in [2.24, 2.45) is 0 Å². The summed E-state index contributed by atoms with van der Waals surface area (Å²) >= 11 is 5.38. The van der Waals surface area contributed by atoms with E-state index in [1.54, 1.807) is 0 Å². The number of rotatable bonds is 2. The molecule has 0 radical (unpaired) electrons. The van der Waals surface area contributed by atoms with Crippen LogP contribution in [0.1, 0.15) is 32.2 Å². The summed E-state index contributed by atoms with van der Waals surface area (Å²) in [6, 6.07) is 14.8. The highest BCUT2D eigenvalue weighted by molar-refractivity contribution is 7.71. The molecular weight excluding hydrogens is 278 g/mol. The van der Waals surface area contributed by atoms with Gasteiger partial charge in [0.1, 0.15) is 5.82 Å². The number of aromatic amines is 1. The molecule has 0 aliphatic rings. The molecular formula is C17H19N3S. The fourth-order valence-corrected chi connectivity index (χ4v) is 3.18. The number of nitrogens with zero attached hydrogens (tertiary/aromatic N) is 2. The van der Waals surface area contributed by atoms with Crippen LogP contribution in [0.5, 0.6) is 0 Å². The van der Waals surface area contributed by atoms with Gasteiger partial charge in [-0.15, -0.1) is 0 Å². The fraction of sp³-hybridized carbons (Fsp3) is 0.294. The fourth-order valence-electron chi connectivity index (χ4n) is 2.76. The van der Waals surface area contributed by atoms with E-state index < -0.39 is 0 Å². The molecule has 0 atom stereocenters. The zero-order valence-electron chi connectivity index (χ0n) is 12.6. The second-order valence-corrected chi connectivity index (χ2v) is 6.65. The Morgan fingerprint density at radius 3 is 2.57 bits per heavy atom. The molecule has 0 saturated heterocycles. The van der Waals surface area contributed by atoms with E-state index in [-0.39, 0.29) is 5.54 Å². The third-order valence-corrected chi connectivity index (χ3v) is 3.91. The minimum absolute atomic E-state index is 0.0794. The number of nitrogens with one attached hydrogen (secondary N) is 1. The van der Waals surface area contributed by atoms with E-state index in [1.165, 1.54) is 16.3 Å². The second-order valence-electron chi connectivity index (χ2n) is 6.27. The summed E-state index contributed by atoms with van der Waals surface area (Å²) in [5, 5.41) is 9.89. The predicted molar refractivity (Wildman–Crippen MR) is 89.2 cm³/mol. The molecule has 0 amide bonds. The second kappa shape index (κ2) is 5.11. The Kier molecular flexibility index (Phi) is 3.41. The van der Waals surface area contributed by atoms with Crippen LogP contribution in [0.15, 0.2) is 42.5 Å². The van der Waals surface area contributed by atoms with Crippen molar-refractivity contribution in [3.05, 3.63) is 58.6 Å². The lowest BCUT2D eigenvalue weighted by atomic mass is 10.0. The molecule has 21 heavy (non-hydrogen) atoms. The SMILES string of the molecule is CC(C)(C)n1c(Cc2cccc3ccccc23)n[nH]c1=S. The Labute approximate surface area is 129 Å². The van der Waals surface area contributed by atoms with E-state index >= 15 is 0 Å². The molecule has 108 valence electrons. The van der Waals surface area contributed by atoms with E-state index in [1.807, 2.05) is 0 Å². The number of fused-ring (bicyclic) bond motifs is 1. The van der Waals surface area contributed by atoms with Gasteiger partial charge in [0.25, 0.3) is 0 Å². The third kappa shape index (κ3) is 2.63. The van der Waals surface area contributed by atoms with Crippen LogP contribution in [0, 0.1) is 4.77 Å². The molecule has 1 N–H and O–H groups in total. The highest BCUT2D eigenvalue weighted by Gasteiger charge is 2.19. The van der Waals surface area contributed by atoms with Crippen molar-refractivity contribution < 1.29 is 0 Å². The Hall–Kier alpha value is -1.94. The highest BCUT2D eigenvalue weighted by Crippen LogP contribution is 2.23. The lowest BCUT2D eigenvalue weighted by Crippen LogP contribution is -2.24. The number of hydrogen-bond donors (Lipinski definition) is 1. The predicted octanol–water partition coefficient (Wildman–Crippen LogP) is 4.44. The van der Waals surface area contributed by atoms with Crippen molar-refractivity contribution >= 4 is 23.0 Å². The smallest absolute Gasteiger partial charge is 0.195 e. The quantitative estimate of drug-likeness (QED) is 0.709. The van der Waals surface area contributed by atoms with Gasteiger partial charge >= 0.3 is 0 Å². The Morgan fingerprint density at radius 2 is 1.81 bits per heavy atom. The van der Waals surface area contributed by atoms with Crippen LogP contribution >= 0.6 is 12.2 Å². The summed E-state index contributed by atoms with van der Waals surface area (Å²) in [4.78, 5) is 0. The van der Waals surface area contributed by atoms with Gasteiger partial charge in [-0.2, -0.15) is 5.10 Å². The van der Waals surface area contributed by atoms with Crippen molar-refractivity contribution in [3.63, 3.8) is 0 Å². The normalized spacial score (nSPS) is 12.0. The first-order chi connectivity index (χ1) is 9.97. The van der Waals surface area contributed by atoms with Gasteiger partial charge in [0, 0.05) is 12.0 Å². The molecule has 4 heteroatoms. The van der Waals surface area contributed by atoms with Crippen LogP contribution in [0.3, 0.4) is 0 Å². The Morgan fingerprint density at radius 1 is 1.10 bits per heavy atom. The van der Waals surface area contributed by atoms with Crippen LogP contribution in [0.25, 0.3) is 10.8 Å². The summed E-state index contributed by atoms with van der Waals surface area (Å²) in [5.74, 6) is 0.976. The van der Waals surface area contributed by atoms with E-state index in [0.717, 1.165) is 12.2 Å². The van der Waals surface area contributed by atoms with Crippen molar-refractivity contribution in [1.29, 1.82) is 0 Å². The van der Waals surface area contributed by atoms with Gasteiger partial charge in [0.05, 0.1) is 0 Å². The Balaban J connectivity index is 2.10.